The molecule has 0 spiro atoms. The van der Waals surface area contributed by atoms with E-state index in [-0.39, 0.29) is 22.7 Å². The first kappa shape index (κ1) is 23.9. The van der Waals surface area contributed by atoms with Crippen molar-refractivity contribution in [1.29, 1.82) is 0 Å². The lowest BCUT2D eigenvalue weighted by molar-refractivity contribution is -0.138. The number of rotatable bonds is 5. The molecule has 0 aliphatic carbocycles. The van der Waals surface area contributed by atoms with Crippen LogP contribution in [-0.4, -0.2) is 27.6 Å². The second-order valence-corrected chi connectivity index (χ2v) is 10.8. The average molecular weight is 531 g/mol. The Morgan fingerprint density at radius 2 is 1.75 bits per heavy atom. The summed E-state index contributed by atoms with van der Waals surface area (Å²) in [5.74, 6) is -0.377. The van der Waals surface area contributed by atoms with Crippen LogP contribution in [0.3, 0.4) is 0 Å². The van der Waals surface area contributed by atoms with Crippen LogP contribution in [0.4, 0.5) is 13.2 Å². The summed E-state index contributed by atoms with van der Waals surface area (Å²) in [5, 5.41) is 9.00. The van der Waals surface area contributed by atoms with E-state index >= 15 is 0 Å². The van der Waals surface area contributed by atoms with Crippen LogP contribution in [0.2, 0.25) is 0 Å². The molecule has 0 fully saturated rings. The molecule has 0 aliphatic heterocycles. The second kappa shape index (κ2) is 8.71. The van der Waals surface area contributed by atoms with Crippen LogP contribution in [0.1, 0.15) is 16.7 Å². The predicted octanol–water partition coefficient (Wildman–Crippen LogP) is 4.91. The zero-order chi connectivity index (χ0) is 25.7. The van der Waals surface area contributed by atoms with Crippen molar-refractivity contribution in [2.75, 3.05) is 0 Å². The van der Waals surface area contributed by atoms with E-state index in [0.29, 0.717) is 5.56 Å². The van der Waals surface area contributed by atoms with Gasteiger partial charge in [-0.2, -0.15) is 13.2 Å². The van der Waals surface area contributed by atoms with Gasteiger partial charge in [-0.25, -0.2) is 8.42 Å². The Kier molecular flexibility index (Phi) is 5.80. The molecule has 5 rings (SSSR count). The summed E-state index contributed by atoms with van der Waals surface area (Å²) in [5.41, 5.74) is -0.797. The number of alkyl halides is 3. The minimum atomic E-state index is -4.59. The SMILES string of the molecule is Cc1c(-n2ccn3c(S(=O)(=O)Cc4ccccc4-c4cccs4)nnc3c2=O)cccc1C(F)(F)F. The molecule has 184 valence electrons. The molecule has 7 nitrogen and oxygen atoms in total. The largest absolute Gasteiger partial charge is 0.416 e. The molecular weight excluding hydrogens is 513 g/mol. The number of hydrogen-bond acceptors (Lipinski definition) is 6. The van der Waals surface area contributed by atoms with Crippen molar-refractivity contribution >= 4 is 26.8 Å². The standard InChI is InChI=1S/C24H17F3N4O3S2/c1-15-18(24(25,26)27)8-4-9-19(15)30-11-12-31-21(22(30)32)28-29-23(31)36(33,34)14-16-6-2-3-7-17(16)20-10-5-13-35-20/h2-13H,14H2,1H3. The van der Waals surface area contributed by atoms with E-state index in [1.54, 1.807) is 12.1 Å². The van der Waals surface area contributed by atoms with Gasteiger partial charge in [-0.05, 0) is 47.2 Å². The van der Waals surface area contributed by atoms with Crippen molar-refractivity contribution in [2.24, 2.45) is 0 Å². The molecular formula is C24H17F3N4O3S2. The molecule has 0 unspecified atom stereocenters. The first-order valence-corrected chi connectivity index (χ1v) is 13.1. The highest BCUT2D eigenvalue weighted by Crippen LogP contribution is 2.34. The smallest absolute Gasteiger partial charge is 0.279 e. The van der Waals surface area contributed by atoms with Gasteiger partial charge in [0.15, 0.2) is 0 Å². The summed E-state index contributed by atoms with van der Waals surface area (Å²) in [6, 6.07) is 14.3. The lowest BCUT2D eigenvalue weighted by Gasteiger charge is -2.15. The van der Waals surface area contributed by atoms with Crippen molar-refractivity contribution in [3.8, 4) is 16.1 Å². The summed E-state index contributed by atoms with van der Waals surface area (Å²) < 4.78 is 68.7. The molecule has 0 N–H and O–H groups in total. The van der Waals surface area contributed by atoms with E-state index in [1.165, 1.54) is 42.8 Å². The number of thiophene rings is 1. The molecule has 0 aliphatic rings. The molecule has 0 amide bonds. The quantitative estimate of drug-likeness (QED) is 0.322. The first-order chi connectivity index (χ1) is 17.1. The fourth-order valence-corrected chi connectivity index (χ4v) is 6.24. The van der Waals surface area contributed by atoms with Gasteiger partial charge in [0.25, 0.3) is 5.16 Å². The Hall–Kier alpha value is -3.77. The van der Waals surface area contributed by atoms with E-state index in [2.05, 4.69) is 10.2 Å². The van der Waals surface area contributed by atoms with Gasteiger partial charge in [0.05, 0.1) is 17.0 Å². The maximum atomic E-state index is 13.3. The average Bonchev–Trinajstić information content (AvgIpc) is 3.50. The maximum Gasteiger partial charge on any atom is 0.416 e. The number of hydrogen-bond donors (Lipinski definition) is 0. The molecule has 5 aromatic rings. The summed E-state index contributed by atoms with van der Waals surface area (Å²) in [6.07, 6.45) is -2.13. The zero-order valence-electron chi connectivity index (χ0n) is 18.6. The van der Waals surface area contributed by atoms with Crippen molar-refractivity contribution in [3.05, 3.63) is 99.4 Å². The Bertz CT molecular complexity index is 1760. The lowest BCUT2D eigenvalue weighted by atomic mass is 10.1. The molecule has 3 aromatic heterocycles. The minimum absolute atomic E-state index is 0.00890. The van der Waals surface area contributed by atoms with Crippen LogP contribution in [-0.2, 0) is 21.8 Å². The number of fused-ring (bicyclic) bond motifs is 1. The number of sulfone groups is 1. The Balaban J connectivity index is 1.58. The zero-order valence-corrected chi connectivity index (χ0v) is 20.2. The van der Waals surface area contributed by atoms with E-state index in [9.17, 15) is 26.4 Å². The maximum absolute atomic E-state index is 13.3. The fraction of sp³-hybridized carbons (Fsp3) is 0.125. The molecule has 12 heteroatoms. The Morgan fingerprint density at radius 1 is 0.972 bits per heavy atom. The van der Waals surface area contributed by atoms with Gasteiger partial charge in [-0.3, -0.25) is 13.8 Å². The summed E-state index contributed by atoms with van der Waals surface area (Å²) in [4.78, 5) is 14.0. The topological polar surface area (TPSA) is 86.3 Å². The summed E-state index contributed by atoms with van der Waals surface area (Å²) in [7, 11) is -4.04. The van der Waals surface area contributed by atoms with Crippen molar-refractivity contribution in [2.45, 2.75) is 24.0 Å². The third-order valence-electron chi connectivity index (χ3n) is 5.74. The highest BCUT2D eigenvalue weighted by molar-refractivity contribution is 7.90. The van der Waals surface area contributed by atoms with E-state index in [1.807, 2.05) is 29.6 Å². The molecule has 36 heavy (non-hydrogen) atoms. The molecule has 0 bridgehead atoms. The molecule has 0 saturated carbocycles. The number of benzene rings is 2. The second-order valence-electron chi connectivity index (χ2n) is 7.99. The van der Waals surface area contributed by atoms with Crippen LogP contribution in [0.5, 0.6) is 0 Å². The molecule has 0 radical (unpaired) electrons. The van der Waals surface area contributed by atoms with Crippen molar-refractivity contribution < 1.29 is 21.6 Å². The minimum Gasteiger partial charge on any atom is -0.279 e. The molecule has 2 aromatic carbocycles. The highest BCUT2D eigenvalue weighted by Gasteiger charge is 2.33. The van der Waals surface area contributed by atoms with Crippen LogP contribution in [0, 0.1) is 6.92 Å². The van der Waals surface area contributed by atoms with Gasteiger partial charge in [0.2, 0.25) is 15.5 Å². The molecule has 3 heterocycles. The number of nitrogens with zero attached hydrogens (tertiary/aromatic N) is 4. The predicted molar refractivity (Wildman–Crippen MR) is 129 cm³/mol. The summed E-state index contributed by atoms with van der Waals surface area (Å²) in [6.45, 7) is 1.26. The molecule has 0 atom stereocenters. The Labute approximate surface area is 207 Å². The summed E-state index contributed by atoms with van der Waals surface area (Å²) >= 11 is 1.48. The van der Waals surface area contributed by atoms with Crippen LogP contribution in [0.15, 0.2) is 82.3 Å². The molecule has 0 saturated heterocycles. The van der Waals surface area contributed by atoms with Gasteiger partial charge in [-0.1, -0.05) is 36.4 Å². The normalized spacial score (nSPS) is 12.3. The van der Waals surface area contributed by atoms with Gasteiger partial charge < -0.3 is 0 Å². The first-order valence-electron chi connectivity index (χ1n) is 10.6. The third kappa shape index (κ3) is 4.11. The van der Waals surface area contributed by atoms with E-state index < -0.39 is 32.3 Å². The number of aromatic nitrogens is 4. The van der Waals surface area contributed by atoms with Crippen LogP contribution < -0.4 is 5.56 Å². The highest BCUT2D eigenvalue weighted by atomic mass is 32.2. The third-order valence-corrected chi connectivity index (χ3v) is 8.17. The van der Waals surface area contributed by atoms with Gasteiger partial charge in [0, 0.05) is 17.3 Å². The van der Waals surface area contributed by atoms with Gasteiger partial charge >= 0.3 is 11.7 Å². The van der Waals surface area contributed by atoms with Gasteiger partial charge in [-0.15, -0.1) is 21.5 Å². The Morgan fingerprint density at radius 3 is 2.47 bits per heavy atom. The van der Waals surface area contributed by atoms with Gasteiger partial charge in [0.1, 0.15) is 0 Å². The fourth-order valence-electron chi connectivity index (χ4n) is 4.05. The van der Waals surface area contributed by atoms with E-state index in [4.69, 9.17) is 0 Å². The lowest BCUT2D eigenvalue weighted by Crippen LogP contribution is -2.22. The van der Waals surface area contributed by atoms with Crippen molar-refractivity contribution in [3.63, 3.8) is 0 Å². The van der Waals surface area contributed by atoms with Crippen molar-refractivity contribution in [1.82, 2.24) is 19.2 Å². The monoisotopic (exact) mass is 530 g/mol. The van der Waals surface area contributed by atoms with Crippen LogP contribution >= 0.6 is 11.3 Å². The van der Waals surface area contributed by atoms with Crippen LogP contribution in [0.25, 0.3) is 21.8 Å². The van der Waals surface area contributed by atoms with E-state index in [0.717, 1.165) is 25.5 Å². The number of halogens is 3.